The molecule has 0 fully saturated rings. The van der Waals surface area contributed by atoms with Crippen LogP contribution in [0.15, 0.2) is 243 Å². The van der Waals surface area contributed by atoms with Gasteiger partial charge < -0.3 is 9.30 Å². The molecular weight excluding hydrogens is 725 g/mol. The molecular formula is C58H40N2. The highest BCUT2D eigenvalue weighted by Gasteiger charge is 2.17. The fraction of sp³-hybridized carbons (Fsp3) is 0. The average Bonchev–Trinajstić information content (AvgIpc) is 3.65. The van der Waals surface area contributed by atoms with Crippen molar-refractivity contribution in [3.8, 4) is 55.6 Å². The van der Waals surface area contributed by atoms with E-state index >= 15 is 0 Å². The van der Waals surface area contributed by atoms with E-state index in [4.69, 9.17) is 0 Å². The Morgan fingerprint density at radius 3 is 1.52 bits per heavy atom. The topological polar surface area (TPSA) is 7.65 Å². The molecule has 9 aromatic carbocycles. The summed E-state index contributed by atoms with van der Waals surface area (Å²) in [5, 5.41) is 3.72. The van der Waals surface area contributed by atoms with Gasteiger partial charge in [-0.2, -0.15) is 0 Å². The number of aromatic nitrogens is 1. The monoisotopic (exact) mass is 764 g/mol. The Labute approximate surface area is 350 Å². The van der Waals surface area contributed by atoms with Crippen LogP contribution in [-0.4, -0.2) is 4.40 Å². The van der Waals surface area contributed by atoms with Crippen molar-refractivity contribution in [1.82, 2.24) is 4.40 Å². The number of benzene rings is 9. The van der Waals surface area contributed by atoms with E-state index in [0.717, 1.165) is 17.1 Å². The third-order valence-electron chi connectivity index (χ3n) is 11.8. The Balaban J connectivity index is 0.942. The molecule has 0 bridgehead atoms. The maximum Gasteiger partial charge on any atom is 0.0547 e. The van der Waals surface area contributed by atoms with Crippen molar-refractivity contribution in [2.24, 2.45) is 0 Å². The van der Waals surface area contributed by atoms with Gasteiger partial charge in [-0.05, 0) is 104 Å². The zero-order valence-electron chi connectivity index (χ0n) is 33.0. The predicted molar refractivity (Wildman–Crippen MR) is 254 cm³/mol. The molecule has 0 aliphatic heterocycles. The Morgan fingerprint density at radius 1 is 0.283 bits per heavy atom. The number of pyridine rings is 1. The number of anilines is 3. The molecule has 0 aliphatic carbocycles. The van der Waals surface area contributed by atoms with Crippen LogP contribution in [0.1, 0.15) is 0 Å². The molecule has 60 heavy (non-hydrogen) atoms. The largest absolute Gasteiger partial charge is 0.315 e. The third-order valence-corrected chi connectivity index (χ3v) is 11.8. The predicted octanol–water partition coefficient (Wildman–Crippen LogP) is 16.1. The van der Waals surface area contributed by atoms with Crippen LogP contribution in [0, 0.1) is 0 Å². The molecule has 11 aromatic rings. The summed E-state index contributed by atoms with van der Waals surface area (Å²) < 4.78 is 2.37. The van der Waals surface area contributed by atoms with E-state index in [1.165, 1.54) is 82.8 Å². The van der Waals surface area contributed by atoms with Gasteiger partial charge in [0.2, 0.25) is 0 Å². The first-order valence-corrected chi connectivity index (χ1v) is 20.6. The Bertz CT molecular complexity index is 3270. The molecule has 0 radical (unpaired) electrons. The molecule has 2 heteroatoms. The minimum atomic E-state index is 1.10. The highest BCUT2D eigenvalue weighted by Crippen LogP contribution is 2.41. The first-order chi connectivity index (χ1) is 29.8. The SMILES string of the molecule is c1ccc(-c2ccccc2-c2ccc(N(c3ccccc3)c3cccc(-c4ccc(-c5cccc6cc7c(-c8ccccc8)c8ccccc8n7cc56)cc4)c3)cc2)cc1. The van der Waals surface area contributed by atoms with Crippen molar-refractivity contribution in [3.63, 3.8) is 0 Å². The van der Waals surface area contributed by atoms with Crippen LogP contribution in [-0.2, 0) is 0 Å². The summed E-state index contributed by atoms with van der Waals surface area (Å²) in [6.45, 7) is 0. The van der Waals surface area contributed by atoms with E-state index in [-0.39, 0.29) is 0 Å². The quantitative estimate of drug-likeness (QED) is 0.150. The Hall–Kier alpha value is -7.94. The van der Waals surface area contributed by atoms with Crippen LogP contribution in [0.2, 0.25) is 0 Å². The van der Waals surface area contributed by atoms with Crippen molar-refractivity contribution in [2.45, 2.75) is 0 Å². The summed E-state index contributed by atoms with van der Waals surface area (Å²) >= 11 is 0. The smallest absolute Gasteiger partial charge is 0.0547 e. The van der Waals surface area contributed by atoms with Gasteiger partial charge in [-0.3, -0.25) is 0 Å². The summed E-state index contributed by atoms with van der Waals surface area (Å²) in [5.41, 5.74) is 17.9. The number of fused-ring (bicyclic) bond motifs is 4. The van der Waals surface area contributed by atoms with Gasteiger partial charge in [-0.1, -0.05) is 188 Å². The van der Waals surface area contributed by atoms with E-state index in [0.29, 0.717) is 0 Å². The molecule has 282 valence electrons. The molecule has 0 saturated heterocycles. The van der Waals surface area contributed by atoms with Crippen molar-refractivity contribution >= 4 is 44.3 Å². The van der Waals surface area contributed by atoms with Gasteiger partial charge in [-0.25, -0.2) is 0 Å². The number of para-hydroxylation sites is 2. The van der Waals surface area contributed by atoms with Gasteiger partial charge >= 0.3 is 0 Å². The minimum absolute atomic E-state index is 1.10. The lowest BCUT2D eigenvalue weighted by molar-refractivity contribution is 1.28. The van der Waals surface area contributed by atoms with Gasteiger partial charge in [0.15, 0.2) is 0 Å². The van der Waals surface area contributed by atoms with Gasteiger partial charge in [0.05, 0.1) is 11.0 Å². The molecule has 0 N–H and O–H groups in total. The average molecular weight is 765 g/mol. The van der Waals surface area contributed by atoms with Crippen LogP contribution >= 0.6 is 0 Å². The lowest BCUT2D eigenvalue weighted by Gasteiger charge is -2.26. The van der Waals surface area contributed by atoms with Crippen molar-refractivity contribution in [3.05, 3.63) is 243 Å². The molecule has 2 nitrogen and oxygen atoms in total. The Morgan fingerprint density at radius 2 is 0.783 bits per heavy atom. The second kappa shape index (κ2) is 15.1. The molecule has 11 rings (SSSR count). The van der Waals surface area contributed by atoms with Gasteiger partial charge in [0, 0.05) is 39.6 Å². The number of hydrogen-bond donors (Lipinski definition) is 0. The normalized spacial score (nSPS) is 11.3. The highest BCUT2D eigenvalue weighted by molar-refractivity contribution is 6.09. The number of nitrogens with zero attached hydrogens (tertiary/aromatic N) is 2. The lowest BCUT2D eigenvalue weighted by atomic mass is 9.94. The first-order valence-electron chi connectivity index (χ1n) is 20.6. The third kappa shape index (κ3) is 6.32. The van der Waals surface area contributed by atoms with Crippen LogP contribution in [0.25, 0.3) is 82.8 Å². The fourth-order valence-corrected chi connectivity index (χ4v) is 8.94. The number of rotatable bonds is 8. The van der Waals surface area contributed by atoms with Crippen LogP contribution in [0.5, 0.6) is 0 Å². The van der Waals surface area contributed by atoms with Crippen molar-refractivity contribution in [1.29, 1.82) is 0 Å². The van der Waals surface area contributed by atoms with Crippen molar-refractivity contribution in [2.75, 3.05) is 4.90 Å². The summed E-state index contributed by atoms with van der Waals surface area (Å²) in [6, 6.07) is 85.4. The van der Waals surface area contributed by atoms with Crippen molar-refractivity contribution < 1.29 is 0 Å². The molecule has 0 amide bonds. The Kier molecular flexibility index (Phi) is 8.87. The van der Waals surface area contributed by atoms with E-state index in [1.807, 2.05) is 0 Å². The minimum Gasteiger partial charge on any atom is -0.315 e. The lowest BCUT2D eigenvalue weighted by Crippen LogP contribution is -2.09. The summed E-state index contributed by atoms with van der Waals surface area (Å²) in [7, 11) is 0. The molecule has 0 unspecified atom stereocenters. The van der Waals surface area contributed by atoms with Gasteiger partial charge in [0.25, 0.3) is 0 Å². The molecule has 0 atom stereocenters. The van der Waals surface area contributed by atoms with Gasteiger partial charge in [-0.15, -0.1) is 0 Å². The highest BCUT2D eigenvalue weighted by atomic mass is 15.1. The fourth-order valence-electron chi connectivity index (χ4n) is 8.94. The molecule has 0 aliphatic rings. The number of hydrogen-bond acceptors (Lipinski definition) is 1. The van der Waals surface area contributed by atoms with Crippen LogP contribution in [0.3, 0.4) is 0 Å². The second-order valence-corrected chi connectivity index (χ2v) is 15.4. The second-order valence-electron chi connectivity index (χ2n) is 15.4. The molecule has 0 spiro atoms. The summed E-state index contributed by atoms with van der Waals surface area (Å²) in [4.78, 5) is 2.34. The van der Waals surface area contributed by atoms with E-state index in [1.54, 1.807) is 0 Å². The zero-order valence-corrected chi connectivity index (χ0v) is 33.0. The summed E-state index contributed by atoms with van der Waals surface area (Å²) in [6.07, 6.45) is 2.33. The summed E-state index contributed by atoms with van der Waals surface area (Å²) in [5.74, 6) is 0. The van der Waals surface area contributed by atoms with E-state index in [2.05, 4.69) is 252 Å². The zero-order chi connectivity index (χ0) is 39.8. The van der Waals surface area contributed by atoms with Crippen LogP contribution in [0.4, 0.5) is 17.1 Å². The molecule has 0 saturated carbocycles. The molecule has 2 heterocycles. The molecule has 2 aromatic heterocycles. The van der Waals surface area contributed by atoms with Crippen LogP contribution < -0.4 is 4.90 Å². The first kappa shape index (κ1) is 35.2. The standard InChI is InChI=1S/C58H40N2/c1-4-16-42(17-5-1)51-25-10-11-26-52(51)44-34-36-49(37-35-44)60(48-22-8-3-9-23-48)50-24-14-20-46(38-50)41-30-32-43(33-31-41)53-28-15-21-47-39-57-58(45-18-6-2-7-19-45)54-27-12-13-29-56(54)59(57)40-55(47)53/h1-40H. The van der Waals surface area contributed by atoms with E-state index < -0.39 is 0 Å². The van der Waals surface area contributed by atoms with E-state index in [9.17, 15) is 0 Å². The maximum atomic E-state index is 2.37. The maximum absolute atomic E-state index is 2.37. The van der Waals surface area contributed by atoms with Gasteiger partial charge in [0.1, 0.15) is 0 Å².